The number of aryl methyl sites for hydroxylation is 2. The number of carbonyl (C=O) groups is 1. The molecule has 0 aromatic carbocycles. The summed E-state index contributed by atoms with van der Waals surface area (Å²) in [5.41, 5.74) is 3.35. The summed E-state index contributed by atoms with van der Waals surface area (Å²) in [4.78, 5) is 11.9. The third-order valence-corrected chi connectivity index (χ3v) is 2.90. The number of nitrogens with one attached hydrogen (secondary N) is 1. The summed E-state index contributed by atoms with van der Waals surface area (Å²) in [5.74, 6) is 0.133. The number of amides is 1. The van der Waals surface area contributed by atoms with Gasteiger partial charge in [0.1, 0.15) is 11.5 Å². The van der Waals surface area contributed by atoms with Crippen molar-refractivity contribution < 1.29 is 9.21 Å². The number of halogens is 1. The first-order valence-electron chi connectivity index (χ1n) is 5.71. The Balaban J connectivity index is 2.10. The molecule has 0 aliphatic heterocycles. The number of hydrogen-bond acceptors (Lipinski definition) is 4. The Hall–Kier alpha value is -2.08. The topological polar surface area (TPSA) is 72.4 Å². The second-order valence-corrected chi connectivity index (χ2v) is 4.18. The van der Waals surface area contributed by atoms with Crippen LogP contribution >= 0.6 is 11.6 Å². The van der Waals surface area contributed by atoms with Crippen molar-refractivity contribution in [3.05, 3.63) is 40.6 Å². The third kappa shape index (κ3) is 2.85. The van der Waals surface area contributed by atoms with Gasteiger partial charge in [-0.2, -0.15) is 10.2 Å². The van der Waals surface area contributed by atoms with Gasteiger partial charge in [-0.25, -0.2) is 5.43 Å². The van der Waals surface area contributed by atoms with Crippen LogP contribution in [0.5, 0.6) is 0 Å². The number of carbonyl (C=O) groups excluding carboxylic acids is 1. The van der Waals surface area contributed by atoms with Crippen LogP contribution < -0.4 is 5.43 Å². The van der Waals surface area contributed by atoms with Crippen LogP contribution in [0.2, 0.25) is 5.02 Å². The zero-order valence-corrected chi connectivity index (χ0v) is 11.3. The van der Waals surface area contributed by atoms with Gasteiger partial charge in [-0.15, -0.1) is 0 Å². The predicted octanol–water partition coefficient (Wildman–Crippen LogP) is 1.99. The Morgan fingerprint density at radius 3 is 3.05 bits per heavy atom. The number of hydrogen-bond donors (Lipinski definition) is 1. The van der Waals surface area contributed by atoms with E-state index in [-0.39, 0.29) is 5.69 Å². The summed E-state index contributed by atoms with van der Waals surface area (Å²) in [6, 6.07) is 3.45. The molecule has 2 aromatic rings. The molecule has 100 valence electrons. The number of hydrazone groups is 1. The van der Waals surface area contributed by atoms with E-state index in [2.05, 4.69) is 15.6 Å². The minimum atomic E-state index is -0.414. The molecule has 7 heteroatoms. The standard InChI is InChI=1S/C12H13ClN4O2/c1-3-9-10(13)11(17(2)16-9)12(18)15-14-7-8-5-4-6-19-8/h4-7H,3H2,1-2H3,(H,15,18)/b14-7-. The highest BCUT2D eigenvalue weighted by atomic mass is 35.5. The van der Waals surface area contributed by atoms with Crippen LogP contribution in [-0.2, 0) is 13.5 Å². The van der Waals surface area contributed by atoms with Gasteiger partial charge in [0.05, 0.1) is 23.2 Å². The molecule has 0 bridgehead atoms. The maximum absolute atomic E-state index is 11.9. The quantitative estimate of drug-likeness (QED) is 0.688. The Bertz CT molecular complexity index is 602. The molecule has 1 amide bonds. The van der Waals surface area contributed by atoms with E-state index in [1.807, 2.05) is 6.92 Å². The van der Waals surface area contributed by atoms with Crippen LogP contribution in [0.1, 0.15) is 28.9 Å². The molecule has 0 fully saturated rings. The Morgan fingerprint density at radius 2 is 2.47 bits per heavy atom. The molecule has 0 saturated heterocycles. The molecule has 0 atom stereocenters. The van der Waals surface area contributed by atoms with E-state index in [1.165, 1.54) is 17.2 Å². The minimum absolute atomic E-state index is 0.287. The minimum Gasteiger partial charge on any atom is -0.463 e. The second kappa shape index (κ2) is 5.71. The third-order valence-electron chi connectivity index (χ3n) is 2.51. The van der Waals surface area contributed by atoms with Crippen molar-refractivity contribution in [3.8, 4) is 0 Å². The Labute approximate surface area is 115 Å². The van der Waals surface area contributed by atoms with Crippen LogP contribution in [0, 0.1) is 0 Å². The molecular weight excluding hydrogens is 268 g/mol. The fourth-order valence-corrected chi connectivity index (χ4v) is 1.98. The van der Waals surface area contributed by atoms with Crippen molar-refractivity contribution in [2.75, 3.05) is 0 Å². The highest BCUT2D eigenvalue weighted by Crippen LogP contribution is 2.20. The smallest absolute Gasteiger partial charge is 0.291 e. The average molecular weight is 281 g/mol. The first-order chi connectivity index (χ1) is 9.13. The summed E-state index contributed by atoms with van der Waals surface area (Å²) in [5, 5.41) is 8.31. The molecule has 0 unspecified atom stereocenters. The fraction of sp³-hybridized carbons (Fsp3) is 0.250. The molecule has 19 heavy (non-hydrogen) atoms. The molecule has 6 nitrogen and oxygen atoms in total. The summed E-state index contributed by atoms with van der Waals surface area (Å²) in [6.45, 7) is 1.92. The molecular formula is C12H13ClN4O2. The van der Waals surface area contributed by atoms with E-state index in [1.54, 1.807) is 19.2 Å². The predicted molar refractivity (Wildman–Crippen MR) is 71.4 cm³/mol. The summed E-state index contributed by atoms with van der Waals surface area (Å²) in [6.07, 6.45) is 3.59. The van der Waals surface area contributed by atoms with Crippen molar-refractivity contribution in [2.24, 2.45) is 12.1 Å². The molecule has 0 aliphatic carbocycles. The summed E-state index contributed by atoms with van der Waals surface area (Å²) >= 11 is 6.09. The van der Waals surface area contributed by atoms with Crippen molar-refractivity contribution in [1.29, 1.82) is 0 Å². The van der Waals surface area contributed by atoms with Crippen LogP contribution in [0.15, 0.2) is 27.9 Å². The molecule has 0 aliphatic rings. The van der Waals surface area contributed by atoms with Gasteiger partial charge in [-0.1, -0.05) is 18.5 Å². The molecule has 0 radical (unpaired) electrons. The molecule has 2 rings (SSSR count). The van der Waals surface area contributed by atoms with Crippen molar-refractivity contribution in [2.45, 2.75) is 13.3 Å². The Kier molecular flexibility index (Phi) is 4.01. The first kappa shape index (κ1) is 13.4. The highest BCUT2D eigenvalue weighted by molar-refractivity contribution is 6.34. The molecule has 0 saturated carbocycles. The van der Waals surface area contributed by atoms with Gasteiger partial charge in [0, 0.05) is 7.05 Å². The zero-order valence-electron chi connectivity index (χ0n) is 10.6. The van der Waals surface area contributed by atoms with E-state index >= 15 is 0 Å². The van der Waals surface area contributed by atoms with E-state index in [9.17, 15) is 4.79 Å². The lowest BCUT2D eigenvalue weighted by atomic mass is 10.3. The lowest BCUT2D eigenvalue weighted by molar-refractivity contribution is 0.0946. The second-order valence-electron chi connectivity index (χ2n) is 3.80. The van der Waals surface area contributed by atoms with E-state index < -0.39 is 5.91 Å². The SMILES string of the molecule is CCc1nn(C)c(C(=O)N/N=C\c2ccco2)c1Cl. The number of furan rings is 1. The van der Waals surface area contributed by atoms with Crippen molar-refractivity contribution >= 4 is 23.7 Å². The largest absolute Gasteiger partial charge is 0.463 e. The highest BCUT2D eigenvalue weighted by Gasteiger charge is 2.19. The van der Waals surface area contributed by atoms with Gasteiger partial charge >= 0.3 is 0 Å². The molecule has 2 heterocycles. The Morgan fingerprint density at radius 1 is 1.68 bits per heavy atom. The van der Waals surface area contributed by atoms with E-state index in [0.717, 1.165) is 0 Å². The fourth-order valence-electron chi connectivity index (χ4n) is 1.60. The maximum atomic E-state index is 11.9. The lowest BCUT2D eigenvalue weighted by Crippen LogP contribution is -2.21. The summed E-state index contributed by atoms with van der Waals surface area (Å²) < 4.78 is 6.49. The molecule has 1 N–H and O–H groups in total. The maximum Gasteiger partial charge on any atom is 0.291 e. The van der Waals surface area contributed by atoms with Crippen LogP contribution in [0.25, 0.3) is 0 Å². The van der Waals surface area contributed by atoms with E-state index in [4.69, 9.17) is 16.0 Å². The summed E-state index contributed by atoms with van der Waals surface area (Å²) in [7, 11) is 1.66. The normalized spacial score (nSPS) is 11.1. The first-order valence-corrected chi connectivity index (χ1v) is 6.09. The zero-order chi connectivity index (χ0) is 13.8. The van der Waals surface area contributed by atoms with E-state index in [0.29, 0.717) is 22.9 Å². The lowest BCUT2D eigenvalue weighted by Gasteiger charge is -2.00. The number of rotatable bonds is 4. The molecule has 0 spiro atoms. The van der Waals surface area contributed by atoms with Gasteiger partial charge in [0.15, 0.2) is 0 Å². The molecule has 2 aromatic heterocycles. The van der Waals surface area contributed by atoms with Crippen molar-refractivity contribution in [1.82, 2.24) is 15.2 Å². The average Bonchev–Trinajstić information content (AvgIpc) is 2.97. The van der Waals surface area contributed by atoms with Crippen LogP contribution in [0.3, 0.4) is 0 Å². The van der Waals surface area contributed by atoms with Gasteiger partial charge in [-0.3, -0.25) is 9.48 Å². The van der Waals surface area contributed by atoms with Crippen LogP contribution in [0.4, 0.5) is 0 Å². The number of aromatic nitrogens is 2. The van der Waals surface area contributed by atoms with Gasteiger partial charge in [0.2, 0.25) is 0 Å². The van der Waals surface area contributed by atoms with Gasteiger partial charge in [-0.05, 0) is 18.6 Å². The van der Waals surface area contributed by atoms with Crippen LogP contribution in [-0.4, -0.2) is 21.9 Å². The van der Waals surface area contributed by atoms with Crippen molar-refractivity contribution in [3.63, 3.8) is 0 Å². The van der Waals surface area contributed by atoms with Gasteiger partial charge in [0.25, 0.3) is 5.91 Å². The van der Waals surface area contributed by atoms with Gasteiger partial charge < -0.3 is 4.42 Å². The number of nitrogens with zero attached hydrogens (tertiary/aromatic N) is 3. The monoisotopic (exact) mass is 280 g/mol.